The summed E-state index contributed by atoms with van der Waals surface area (Å²) in [6.45, 7) is -0.139. The third-order valence-corrected chi connectivity index (χ3v) is 5.20. The zero-order valence-corrected chi connectivity index (χ0v) is 16.7. The quantitative estimate of drug-likeness (QED) is 0.689. The highest BCUT2D eigenvalue weighted by Gasteiger charge is 2.31. The van der Waals surface area contributed by atoms with E-state index in [2.05, 4.69) is 5.32 Å². The minimum atomic E-state index is -4.59. The van der Waals surface area contributed by atoms with Crippen molar-refractivity contribution in [2.24, 2.45) is 0 Å². The summed E-state index contributed by atoms with van der Waals surface area (Å²) in [5, 5.41) is 2.66. The van der Waals surface area contributed by atoms with E-state index in [0.717, 1.165) is 28.8 Å². The Hall–Kier alpha value is -2.75. The lowest BCUT2D eigenvalue weighted by Crippen LogP contribution is -2.31. The van der Waals surface area contributed by atoms with Crippen LogP contribution in [0.3, 0.4) is 0 Å². The number of carbonyl (C=O) groups is 1. The number of rotatable bonds is 8. The van der Waals surface area contributed by atoms with Crippen LogP contribution in [0, 0.1) is 0 Å². The number of nitrogens with one attached hydrogen (secondary N) is 1. The molecule has 29 heavy (non-hydrogen) atoms. The number of hydrogen-bond donors (Lipinski definition) is 1. The van der Waals surface area contributed by atoms with Gasteiger partial charge in [-0.25, -0.2) is 8.42 Å². The number of hydrogen-bond acceptors (Lipinski definition) is 4. The first-order chi connectivity index (χ1) is 13.5. The number of alkyl halides is 3. The van der Waals surface area contributed by atoms with Crippen LogP contribution in [0.5, 0.6) is 5.75 Å². The summed E-state index contributed by atoms with van der Waals surface area (Å²) in [5.41, 5.74) is -0.581. The Morgan fingerprint density at radius 2 is 1.83 bits per heavy atom. The predicted octanol–water partition coefficient (Wildman–Crippen LogP) is 3.90. The van der Waals surface area contributed by atoms with Gasteiger partial charge in [0.25, 0.3) is 0 Å². The second-order valence-corrected chi connectivity index (χ2v) is 8.14. The first-order valence-corrected chi connectivity index (χ1v) is 10.4. The van der Waals surface area contributed by atoms with Crippen LogP contribution in [0.1, 0.15) is 18.4 Å². The van der Waals surface area contributed by atoms with Gasteiger partial charge in [0.1, 0.15) is 5.75 Å². The highest BCUT2D eigenvalue weighted by atomic mass is 32.2. The van der Waals surface area contributed by atoms with Gasteiger partial charge in [0.2, 0.25) is 15.9 Å². The van der Waals surface area contributed by atoms with Crippen LogP contribution < -0.4 is 14.4 Å². The molecule has 0 spiro atoms. The number of halogens is 3. The highest BCUT2D eigenvalue weighted by molar-refractivity contribution is 7.92. The smallest absolute Gasteiger partial charge is 0.416 e. The Balaban J connectivity index is 2.06. The van der Waals surface area contributed by atoms with Crippen molar-refractivity contribution in [2.45, 2.75) is 19.0 Å². The van der Waals surface area contributed by atoms with E-state index in [0.29, 0.717) is 11.4 Å². The Morgan fingerprint density at radius 3 is 2.45 bits per heavy atom. The van der Waals surface area contributed by atoms with Crippen molar-refractivity contribution in [3.05, 3.63) is 54.1 Å². The van der Waals surface area contributed by atoms with Crippen LogP contribution in [0.2, 0.25) is 0 Å². The Morgan fingerprint density at radius 1 is 1.14 bits per heavy atom. The van der Waals surface area contributed by atoms with Crippen LogP contribution >= 0.6 is 0 Å². The number of methoxy groups -OCH3 is 1. The number of para-hydroxylation sites is 2. The van der Waals surface area contributed by atoms with Gasteiger partial charge in [0.15, 0.2) is 0 Å². The molecule has 0 aliphatic carbocycles. The zero-order chi connectivity index (χ0) is 21.7. The van der Waals surface area contributed by atoms with E-state index in [1.165, 1.54) is 13.2 Å². The molecule has 2 aromatic rings. The van der Waals surface area contributed by atoms with Crippen molar-refractivity contribution in [1.29, 1.82) is 0 Å². The molecule has 0 aromatic heterocycles. The first-order valence-electron chi connectivity index (χ1n) is 8.60. The highest BCUT2D eigenvalue weighted by Crippen LogP contribution is 2.32. The average Bonchev–Trinajstić information content (AvgIpc) is 2.64. The van der Waals surface area contributed by atoms with Gasteiger partial charge >= 0.3 is 6.18 Å². The second kappa shape index (κ2) is 9.17. The largest absolute Gasteiger partial charge is 0.495 e. The molecule has 0 radical (unpaired) electrons. The molecule has 10 heteroatoms. The molecule has 0 saturated heterocycles. The molecule has 0 unspecified atom stereocenters. The lowest BCUT2D eigenvalue weighted by atomic mass is 10.2. The summed E-state index contributed by atoms with van der Waals surface area (Å²) in [4.78, 5) is 12.2. The summed E-state index contributed by atoms with van der Waals surface area (Å²) >= 11 is 0. The van der Waals surface area contributed by atoms with Crippen molar-refractivity contribution in [2.75, 3.05) is 29.5 Å². The average molecular weight is 430 g/mol. The number of nitrogens with zero attached hydrogens (tertiary/aromatic N) is 1. The second-order valence-electron chi connectivity index (χ2n) is 6.24. The van der Waals surface area contributed by atoms with Gasteiger partial charge in [-0.2, -0.15) is 13.2 Å². The van der Waals surface area contributed by atoms with E-state index in [9.17, 15) is 26.4 Å². The lowest BCUT2D eigenvalue weighted by molar-refractivity contribution is -0.137. The maximum atomic E-state index is 12.9. The fourth-order valence-corrected chi connectivity index (χ4v) is 3.62. The normalized spacial score (nSPS) is 11.8. The van der Waals surface area contributed by atoms with Gasteiger partial charge in [-0.1, -0.05) is 18.2 Å². The first kappa shape index (κ1) is 22.5. The van der Waals surface area contributed by atoms with E-state index >= 15 is 0 Å². The standard InChI is InChI=1S/C19H21F3N2O4S/c1-28-17-10-4-3-9-16(17)23-18(25)11-6-12-24(29(2,26)27)15-8-5-7-14(13-15)19(20,21)22/h3-5,7-10,13H,6,11-12H2,1-2H3,(H,23,25). The molecule has 1 amide bonds. The van der Waals surface area contributed by atoms with E-state index in [1.54, 1.807) is 24.3 Å². The van der Waals surface area contributed by atoms with Crippen LogP contribution in [0.25, 0.3) is 0 Å². The number of anilines is 2. The number of sulfonamides is 1. The van der Waals surface area contributed by atoms with Crippen molar-refractivity contribution in [3.8, 4) is 5.75 Å². The Bertz CT molecular complexity index is 962. The van der Waals surface area contributed by atoms with Crippen LogP contribution in [-0.4, -0.2) is 34.2 Å². The third kappa shape index (κ3) is 6.38. The molecule has 6 nitrogen and oxygen atoms in total. The molecule has 158 valence electrons. The molecule has 0 saturated carbocycles. The maximum absolute atomic E-state index is 12.9. The monoisotopic (exact) mass is 430 g/mol. The molecule has 0 fully saturated rings. The van der Waals surface area contributed by atoms with Crippen LogP contribution in [0.15, 0.2) is 48.5 Å². The van der Waals surface area contributed by atoms with Crippen molar-refractivity contribution in [3.63, 3.8) is 0 Å². The number of benzene rings is 2. The van der Waals surface area contributed by atoms with E-state index in [4.69, 9.17) is 4.74 Å². The predicted molar refractivity (Wildman–Crippen MR) is 104 cm³/mol. The van der Waals surface area contributed by atoms with Crippen molar-refractivity contribution in [1.82, 2.24) is 0 Å². The SMILES string of the molecule is COc1ccccc1NC(=O)CCCN(c1cccc(C(F)(F)F)c1)S(C)(=O)=O. The van der Waals surface area contributed by atoms with Crippen molar-refractivity contribution >= 4 is 27.3 Å². The minimum absolute atomic E-state index is 0.0248. The fourth-order valence-electron chi connectivity index (χ4n) is 2.67. The van der Waals surface area contributed by atoms with Crippen molar-refractivity contribution < 1.29 is 31.1 Å². The molecule has 0 bridgehead atoms. The van der Waals surface area contributed by atoms with Gasteiger partial charge in [0.05, 0.1) is 30.3 Å². The third-order valence-electron chi connectivity index (χ3n) is 4.01. The summed E-state index contributed by atoms with van der Waals surface area (Å²) in [5.74, 6) is 0.106. The lowest BCUT2D eigenvalue weighted by Gasteiger charge is -2.23. The Kier molecular flexibility index (Phi) is 7.12. The fraction of sp³-hybridized carbons (Fsp3) is 0.316. The molecule has 0 aliphatic rings. The number of amides is 1. The summed E-state index contributed by atoms with van der Waals surface area (Å²) in [6.07, 6.45) is -3.59. The Labute approximate surface area is 167 Å². The maximum Gasteiger partial charge on any atom is 0.416 e. The number of ether oxygens (including phenoxy) is 1. The van der Waals surface area contributed by atoms with E-state index in [1.807, 2.05) is 0 Å². The van der Waals surface area contributed by atoms with E-state index in [-0.39, 0.29) is 31.0 Å². The van der Waals surface area contributed by atoms with Gasteiger partial charge in [-0.3, -0.25) is 9.10 Å². The summed E-state index contributed by atoms with van der Waals surface area (Å²) in [6, 6.07) is 10.9. The zero-order valence-electron chi connectivity index (χ0n) is 15.9. The summed E-state index contributed by atoms with van der Waals surface area (Å²) < 4.78 is 68.9. The molecule has 0 atom stereocenters. The molecule has 2 aromatic carbocycles. The molecule has 2 rings (SSSR count). The molecular formula is C19H21F3N2O4S. The minimum Gasteiger partial charge on any atom is -0.495 e. The summed E-state index contributed by atoms with van der Waals surface area (Å²) in [7, 11) is -2.37. The molecular weight excluding hydrogens is 409 g/mol. The van der Waals surface area contributed by atoms with Gasteiger partial charge in [-0.15, -0.1) is 0 Å². The van der Waals surface area contributed by atoms with Gasteiger partial charge in [0, 0.05) is 13.0 Å². The van der Waals surface area contributed by atoms with Crippen LogP contribution in [0.4, 0.5) is 24.5 Å². The molecule has 0 heterocycles. The molecule has 0 aliphatic heterocycles. The van der Waals surface area contributed by atoms with E-state index < -0.39 is 21.8 Å². The molecule has 1 N–H and O–H groups in total. The topological polar surface area (TPSA) is 75.7 Å². The van der Waals surface area contributed by atoms with Gasteiger partial charge in [-0.05, 0) is 36.8 Å². The number of carbonyl (C=O) groups excluding carboxylic acids is 1. The van der Waals surface area contributed by atoms with Crippen LogP contribution in [-0.2, 0) is 21.0 Å². The van der Waals surface area contributed by atoms with Gasteiger partial charge < -0.3 is 10.1 Å².